The minimum atomic E-state index is -0.423. The van der Waals surface area contributed by atoms with Gasteiger partial charge >= 0.3 is 0 Å². The molecule has 0 atom stereocenters. The van der Waals surface area contributed by atoms with Gasteiger partial charge in [-0.1, -0.05) is 18.2 Å². The van der Waals surface area contributed by atoms with Crippen molar-refractivity contribution in [3.63, 3.8) is 0 Å². The van der Waals surface area contributed by atoms with E-state index in [1.165, 1.54) is 0 Å². The van der Waals surface area contributed by atoms with Crippen molar-refractivity contribution in [1.82, 2.24) is 15.1 Å². The van der Waals surface area contributed by atoms with Crippen LogP contribution in [-0.4, -0.2) is 43.1 Å². The summed E-state index contributed by atoms with van der Waals surface area (Å²) < 4.78 is 12.1. The molecule has 0 aliphatic carbocycles. The van der Waals surface area contributed by atoms with Crippen molar-refractivity contribution in [2.24, 2.45) is 0 Å². The van der Waals surface area contributed by atoms with Gasteiger partial charge in [0.25, 0.3) is 5.91 Å². The fraction of sp³-hybridized carbons (Fsp3) is 0.240. The number of nitrogens with zero attached hydrogens (tertiary/aromatic N) is 3. The standard InChI is InChI=1S/C25H26N4O3/c1-18-14-19(10-11-23(18)32-3)24-21(17-29(28-24)22-8-5-4-6-9-22)15-20(16-26)25(30)27-12-7-13-31-2/h4-6,8-11,14-15,17H,7,12-13H2,1-3H3,(H,27,30). The summed E-state index contributed by atoms with van der Waals surface area (Å²) in [7, 11) is 3.24. The summed E-state index contributed by atoms with van der Waals surface area (Å²) in [6, 6.07) is 17.5. The number of nitriles is 1. The van der Waals surface area contributed by atoms with E-state index in [0.717, 1.165) is 22.6 Å². The predicted molar refractivity (Wildman–Crippen MR) is 123 cm³/mol. The highest BCUT2D eigenvalue weighted by molar-refractivity contribution is 6.02. The van der Waals surface area contributed by atoms with Gasteiger partial charge in [0.1, 0.15) is 23.1 Å². The van der Waals surface area contributed by atoms with Gasteiger partial charge in [-0.2, -0.15) is 10.4 Å². The van der Waals surface area contributed by atoms with Gasteiger partial charge in [0, 0.05) is 37.6 Å². The number of benzene rings is 2. The number of hydrogen-bond acceptors (Lipinski definition) is 5. The van der Waals surface area contributed by atoms with Gasteiger partial charge in [0.2, 0.25) is 0 Å². The number of nitrogens with one attached hydrogen (secondary N) is 1. The van der Waals surface area contributed by atoms with Crippen molar-refractivity contribution in [3.05, 3.63) is 71.4 Å². The molecule has 0 bridgehead atoms. The number of amides is 1. The summed E-state index contributed by atoms with van der Waals surface area (Å²) in [5.41, 5.74) is 4.05. The second kappa shape index (κ2) is 10.9. The van der Waals surface area contributed by atoms with Gasteiger partial charge in [-0.15, -0.1) is 0 Å². The monoisotopic (exact) mass is 430 g/mol. The highest BCUT2D eigenvalue weighted by Gasteiger charge is 2.16. The third-order valence-corrected chi connectivity index (χ3v) is 4.91. The highest BCUT2D eigenvalue weighted by atomic mass is 16.5. The maximum absolute atomic E-state index is 12.5. The van der Waals surface area contributed by atoms with Crippen molar-refractivity contribution < 1.29 is 14.3 Å². The number of ether oxygens (including phenoxy) is 2. The van der Waals surface area contributed by atoms with E-state index >= 15 is 0 Å². The van der Waals surface area contributed by atoms with E-state index in [1.54, 1.807) is 25.0 Å². The van der Waals surface area contributed by atoms with E-state index in [4.69, 9.17) is 14.6 Å². The number of aryl methyl sites for hydroxylation is 1. The average Bonchev–Trinajstić information content (AvgIpc) is 3.24. The molecule has 7 heteroatoms. The number of methoxy groups -OCH3 is 2. The van der Waals surface area contributed by atoms with Crippen LogP contribution in [0.5, 0.6) is 5.75 Å². The van der Waals surface area contributed by atoms with Gasteiger partial charge < -0.3 is 14.8 Å². The zero-order valence-electron chi connectivity index (χ0n) is 18.5. The van der Waals surface area contributed by atoms with Gasteiger partial charge in [0.15, 0.2) is 0 Å². The second-order valence-electron chi connectivity index (χ2n) is 7.17. The molecule has 164 valence electrons. The van der Waals surface area contributed by atoms with Gasteiger partial charge in [-0.25, -0.2) is 4.68 Å². The van der Waals surface area contributed by atoms with Crippen LogP contribution in [0, 0.1) is 18.3 Å². The van der Waals surface area contributed by atoms with Gasteiger partial charge in [0.05, 0.1) is 12.8 Å². The first-order valence-corrected chi connectivity index (χ1v) is 10.3. The first-order valence-electron chi connectivity index (χ1n) is 10.3. The molecule has 0 aliphatic heterocycles. The lowest BCUT2D eigenvalue weighted by Gasteiger charge is -2.07. The number of aromatic nitrogens is 2. The third kappa shape index (κ3) is 5.42. The van der Waals surface area contributed by atoms with E-state index in [9.17, 15) is 10.1 Å². The van der Waals surface area contributed by atoms with Crippen LogP contribution in [-0.2, 0) is 9.53 Å². The van der Waals surface area contributed by atoms with Crippen molar-refractivity contribution in [2.75, 3.05) is 27.4 Å². The van der Waals surface area contributed by atoms with Crippen LogP contribution in [0.2, 0.25) is 0 Å². The molecule has 0 spiro atoms. The molecule has 3 aromatic rings. The Kier molecular flexibility index (Phi) is 7.79. The molecule has 32 heavy (non-hydrogen) atoms. The van der Waals surface area contributed by atoms with Crippen LogP contribution in [0.1, 0.15) is 17.5 Å². The topological polar surface area (TPSA) is 89.2 Å². The Hall–Kier alpha value is -3.89. The quantitative estimate of drug-likeness (QED) is 0.316. The molecule has 1 heterocycles. The van der Waals surface area contributed by atoms with Gasteiger partial charge in [-0.3, -0.25) is 4.79 Å². The van der Waals surface area contributed by atoms with Crippen LogP contribution in [0.4, 0.5) is 0 Å². The Morgan fingerprint density at radius 2 is 2.00 bits per heavy atom. The Balaban J connectivity index is 2.02. The normalized spacial score (nSPS) is 11.1. The number of rotatable bonds is 9. The van der Waals surface area contributed by atoms with E-state index in [1.807, 2.05) is 67.7 Å². The fourth-order valence-corrected chi connectivity index (χ4v) is 3.27. The molecule has 3 rings (SSSR count). The van der Waals surface area contributed by atoms with Crippen LogP contribution in [0.3, 0.4) is 0 Å². The molecule has 0 fully saturated rings. The van der Waals surface area contributed by atoms with E-state index < -0.39 is 5.91 Å². The fourth-order valence-electron chi connectivity index (χ4n) is 3.27. The molecular weight excluding hydrogens is 404 g/mol. The molecule has 0 radical (unpaired) electrons. The first-order chi connectivity index (χ1) is 15.6. The molecular formula is C25H26N4O3. The Labute approximate surface area is 187 Å². The molecule has 1 aromatic heterocycles. The molecule has 1 N–H and O–H groups in total. The molecule has 0 aliphatic rings. The molecule has 0 saturated heterocycles. The number of para-hydroxylation sites is 1. The predicted octanol–water partition coefficient (Wildman–Crippen LogP) is 3.92. The number of hydrogen-bond donors (Lipinski definition) is 1. The highest BCUT2D eigenvalue weighted by Crippen LogP contribution is 2.29. The minimum Gasteiger partial charge on any atom is -0.496 e. The summed E-state index contributed by atoms with van der Waals surface area (Å²) in [5.74, 6) is 0.356. The van der Waals surface area contributed by atoms with Gasteiger partial charge in [-0.05, 0) is 55.3 Å². The summed E-state index contributed by atoms with van der Waals surface area (Å²) in [5, 5.41) is 17.1. The summed E-state index contributed by atoms with van der Waals surface area (Å²) >= 11 is 0. The lowest BCUT2D eigenvalue weighted by atomic mass is 10.0. The average molecular weight is 431 g/mol. The number of carbonyl (C=O) groups is 1. The maximum Gasteiger partial charge on any atom is 0.261 e. The first kappa shape index (κ1) is 22.8. The minimum absolute atomic E-state index is 0.0153. The lowest BCUT2D eigenvalue weighted by Crippen LogP contribution is -2.26. The van der Waals surface area contributed by atoms with Crippen molar-refractivity contribution in [2.45, 2.75) is 13.3 Å². The molecule has 2 aromatic carbocycles. The molecule has 1 amide bonds. The smallest absolute Gasteiger partial charge is 0.261 e. The van der Waals surface area contributed by atoms with E-state index in [0.29, 0.717) is 30.8 Å². The van der Waals surface area contributed by atoms with Crippen molar-refractivity contribution in [3.8, 4) is 28.8 Å². The Morgan fingerprint density at radius 1 is 1.22 bits per heavy atom. The summed E-state index contributed by atoms with van der Waals surface area (Å²) in [6.07, 6.45) is 4.07. The zero-order chi connectivity index (χ0) is 22.9. The van der Waals surface area contributed by atoms with E-state index in [-0.39, 0.29) is 5.57 Å². The third-order valence-electron chi connectivity index (χ3n) is 4.91. The maximum atomic E-state index is 12.5. The largest absolute Gasteiger partial charge is 0.496 e. The van der Waals surface area contributed by atoms with Crippen LogP contribution < -0.4 is 10.1 Å². The zero-order valence-corrected chi connectivity index (χ0v) is 18.5. The van der Waals surface area contributed by atoms with Crippen molar-refractivity contribution in [1.29, 1.82) is 5.26 Å². The van der Waals surface area contributed by atoms with Crippen LogP contribution in [0.15, 0.2) is 60.3 Å². The summed E-state index contributed by atoms with van der Waals surface area (Å²) in [4.78, 5) is 12.5. The van der Waals surface area contributed by atoms with Crippen LogP contribution in [0.25, 0.3) is 23.0 Å². The Morgan fingerprint density at radius 3 is 2.66 bits per heavy atom. The SMILES string of the molecule is COCCCNC(=O)C(C#N)=Cc1cn(-c2ccccc2)nc1-c1ccc(OC)c(C)c1. The van der Waals surface area contributed by atoms with E-state index in [2.05, 4.69) is 5.32 Å². The molecule has 0 saturated carbocycles. The van der Waals surface area contributed by atoms with Crippen LogP contribution >= 0.6 is 0 Å². The Bertz CT molecular complexity index is 1140. The molecule has 0 unspecified atom stereocenters. The molecule has 7 nitrogen and oxygen atoms in total. The lowest BCUT2D eigenvalue weighted by molar-refractivity contribution is -0.117. The summed E-state index contributed by atoms with van der Waals surface area (Å²) in [6.45, 7) is 2.93. The van der Waals surface area contributed by atoms with Crippen molar-refractivity contribution >= 4 is 12.0 Å². The number of carbonyl (C=O) groups excluding carboxylic acids is 1. The second-order valence-corrected chi connectivity index (χ2v) is 7.17.